The molecule has 2 unspecified atom stereocenters. The second-order valence-electron chi connectivity index (χ2n) is 10.4. The van der Waals surface area contributed by atoms with Crippen LogP contribution in [-0.4, -0.2) is 81.7 Å². The average Bonchev–Trinajstić information content (AvgIpc) is 3.13. The van der Waals surface area contributed by atoms with Crippen LogP contribution in [0.25, 0.3) is 0 Å². The minimum Gasteiger partial charge on any atom is -0.495 e. The number of urea groups is 1. The molecule has 2 atom stereocenters. The van der Waals surface area contributed by atoms with Crippen LogP contribution in [0.2, 0.25) is 10.0 Å². The highest BCUT2D eigenvalue weighted by Gasteiger charge is 2.31. The number of carbonyl (C=O) groups is 1. The van der Waals surface area contributed by atoms with Gasteiger partial charge in [0.2, 0.25) is 0 Å². The quantitative estimate of drug-likeness (QED) is 0.379. The third-order valence-corrected chi connectivity index (χ3v) is 8.84. The smallest absolute Gasteiger partial charge is 0.321 e. The maximum absolute atomic E-state index is 13.5. The van der Waals surface area contributed by atoms with Crippen LogP contribution in [0.15, 0.2) is 47.1 Å². The molecule has 2 heterocycles. The highest BCUT2D eigenvalue weighted by Crippen LogP contribution is 2.44. The minimum absolute atomic E-state index is 0.0590. The molecule has 0 aliphatic carbocycles. The van der Waals surface area contributed by atoms with Crippen molar-refractivity contribution in [1.82, 2.24) is 9.80 Å². The van der Waals surface area contributed by atoms with E-state index in [0.29, 0.717) is 17.9 Å². The number of carbonyl (C=O) groups excluding carboxylic acids is 1. The van der Waals surface area contributed by atoms with Crippen molar-refractivity contribution in [3.8, 4) is 11.5 Å². The number of likely N-dealkylation sites (N-methyl/N-ethyl adjacent to an activating group) is 1. The van der Waals surface area contributed by atoms with Crippen LogP contribution in [0.1, 0.15) is 27.2 Å². The molecule has 2 aliphatic rings. The average molecular weight is 604 g/mol. The summed E-state index contributed by atoms with van der Waals surface area (Å²) in [6, 6.07) is 9.51. The number of ether oxygens (including phenoxy) is 2. The SMILES string of the molecule is CCN1CCN(c2ccc(NC3=NC=C(C)C(C)C(N(C)C(=O)Nc4c(Cl)c(OC)cc(OC)c4Cl)C3)cc2)CC1. The van der Waals surface area contributed by atoms with Gasteiger partial charge in [-0.15, -0.1) is 0 Å². The number of hydrogen-bond donors (Lipinski definition) is 2. The Morgan fingerprint density at radius 1 is 1.07 bits per heavy atom. The Morgan fingerprint density at radius 3 is 2.24 bits per heavy atom. The lowest BCUT2D eigenvalue weighted by Gasteiger charge is -2.35. The number of rotatable bonds is 7. The summed E-state index contributed by atoms with van der Waals surface area (Å²) in [7, 11) is 4.74. The van der Waals surface area contributed by atoms with Crippen LogP contribution >= 0.6 is 23.2 Å². The zero-order valence-corrected chi connectivity index (χ0v) is 26.1. The van der Waals surface area contributed by atoms with E-state index in [1.54, 1.807) is 18.0 Å². The third-order valence-electron chi connectivity index (χ3n) is 8.09. The Bertz CT molecular complexity index is 1260. The fourth-order valence-electron chi connectivity index (χ4n) is 5.17. The predicted octanol–water partition coefficient (Wildman–Crippen LogP) is 6.44. The van der Waals surface area contributed by atoms with Crippen molar-refractivity contribution in [1.29, 1.82) is 0 Å². The molecule has 2 amide bonds. The standard InChI is InChI=1S/C30H40Cl2N6O3/c1-7-37-12-14-38(15-13-37)22-10-8-21(9-11-22)34-26-16-23(20(3)19(2)18-33-26)36(4)30(39)35-29-27(31)24(40-5)17-25(41-6)28(29)32/h8-11,17-18,20,23H,7,12-16H2,1-6H3,(H,33,34)(H,35,39). The van der Waals surface area contributed by atoms with Crippen LogP contribution < -0.4 is 25.0 Å². The zero-order valence-electron chi connectivity index (χ0n) is 24.6. The molecule has 1 saturated heterocycles. The molecule has 9 nitrogen and oxygen atoms in total. The van der Waals surface area contributed by atoms with Crippen molar-refractivity contribution in [2.24, 2.45) is 10.9 Å². The highest BCUT2D eigenvalue weighted by atomic mass is 35.5. The van der Waals surface area contributed by atoms with Crippen LogP contribution in [0, 0.1) is 5.92 Å². The van der Waals surface area contributed by atoms with E-state index in [-0.39, 0.29) is 33.7 Å². The lowest BCUT2D eigenvalue weighted by Crippen LogP contribution is -2.46. The van der Waals surface area contributed by atoms with Crippen molar-refractivity contribution >= 4 is 52.1 Å². The van der Waals surface area contributed by atoms with E-state index in [2.05, 4.69) is 58.5 Å². The Hall–Kier alpha value is -3.14. The minimum atomic E-state index is -0.359. The van der Waals surface area contributed by atoms with Crippen molar-refractivity contribution < 1.29 is 14.3 Å². The summed E-state index contributed by atoms with van der Waals surface area (Å²) < 4.78 is 10.7. The lowest BCUT2D eigenvalue weighted by atomic mass is 9.92. The largest absolute Gasteiger partial charge is 0.495 e. The van der Waals surface area contributed by atoms with Gasteiger partial charge in [0.1, 0.15) is 27.4 Å². The first-order valence-corrected chi connectivity index (χ1v) is 14.6. The number of hydrogen-bond acceptors (Lipinski definition) is 7. The van der Waals surface area contributed by atoms with E-state index in [9.17, 15) is 4.79 Å². The summed E-state index contributed by atoms with van der Waals surface area (Å²) in [4.78, 5) is 24.8. The van der Waals surface area contributed by atoms with Crippen molar-refractivity contribution in [3.05, 3.63) is 52.2 Å². The van der Waals surface area contributed by atoms with E-state index >= 15 is 0 Å². The Labute approximate surface area is 253 Å². The molecule has 0 radical (unpaired) electrons. The van der Waals surface area contributed by atoms with Gasteiger partial charge in [-0.05, 0) is 43.7 Å². The number of methoxy groups -OCH3 is 2. The summed E-state index contributed by atoms with van der Waals surface area (Å²) in [5.41, 5.74) is 3.48. The van der Waals surface area contributed by atoms with Gasteiger partial charge in [-0.1, -0.05) is 42.6 Å². The second-order valence-corrected chi connectivity index (χ2v) is 11.2. The number of benzene rings is 2. The first kappa shape index (κ1) is 30.8. The molecule has 222 valence electrons. The van der Waals surface area contributed by atoms with Crippen LogP contribution in [-0.2, 0) is 0 Å². The van der Waals surface area contributed by atoms with Crippen LogP contribution in [0.4, 0.5) is 21.9 Å². The predicted molar refractivity (Wildman–Crippen MR) is 170 cm³/mol. The van der Waals surface area contributed by atoms with E-state index in [1.165, 1.54) is 19.9 Å². The number of halogens is 2. The van der Waals surface area contributed by atoms with Gasteiger partial charge >= 0.3 is 6.03 Å². The van der Waals surface area contributed by atoms with Gasteiger partial charge in [-0.3, -0.25) is 0 Å². The normalized spacial score (nSPS) is 19.6. The molecule has 4 rings (SSSR count). The molecule has 0 bridgehead atoms. The van der Waals surface area contributed by atoms with Crippen molar-refractivity contribution in [2.45, 2.75) is 33.2 Å². The molecule has 11 heteroatoms. The molecular formula is C30H40Cl2N6O3. The molecule has 41 heavy (non-hydrogen) atoms. The monoisotopic (exact) mass is 602 g/mol. The van der Waals surface area contributed by atoms with E-state index < -0.39 is 0 Å². The molecule has 0 aromatic heterocycles. The highest BCUT2D eigenvalue weighted by molar-refractivity contribution is 6.41. The number of piperazine rings is 1. The summed E-state index contributed by atoms with van der Waals surface area (Å²) in [5.74, 6) is 1.53. The second kappa shape index (κ2) is 13.7. The number of amides is 2. The van der Waals surface area contributed by atoms with Gasteiger partial charge in [0.25, 0.3) is 0 Å². The van der Waals surface area contributed by atoms with Gasteiger partial charge < -0.3 is 34.8 Å². The third kappa shape index (κ3) is 7.02. The fourth-order valence-corrected chi connectivity index (χ4v) is 5.76. The molecule has 0 spiro atoms. The van der Waals surface area contributed by atoms with Crippen LogP contribution in [0.5, 0.6) is 11.5 Å². The summed E-state index contributed by atoms with van der Waals surface area (Å²) in [6.07, 6.45) is 2.41. The fraction of sp³-hybridized carbons (Fsp3) is 0.467. The zero-order chi connectivity index (χ0) is 29.7. The number of nitrogens with zero attached hydrogens (tertiary/aromatic N) is 4. The number of amidine groups is 1. The summed E-state index contributed by atoms with van der Waals surface area (Å²) in [6.45, 7) is 11.7. The molecular weight excluding hydrogens is 563 g/mol. The number of aliphatic imine (C=N–C) groups is 1. The van der Waals surface area contributed by atoms with Crippen molar-refractivity contribution in [3.63, 3.8) is 0 Å². The number of nitrogens with one attached hydrogen (secondary N) is 2. The van der Waals surface area contributed by atoms with E-state index in [1.807, 2.05) is 13.1 Å². The summed E-state index contributed by atoms with van der Waals surface area (Å²) >= 11 is 13.0. The van der Waals surface area contributed by atoms with Gasteiger partial charge in [0.15, 0.2) is 0 Å². The lowest BCUT2D eigenvalue weighted by molar-refractivity contribution is 0.192. The van der Waals surface area contributed by atoms with E-state index in [4.69, 9.17) is 37.7 Å². The molecule has 0 saturated carbocycles. The molecule has 1 fully saturated rings. The molecule has 2 aliphatic heterocycles. The molecule has 2 N–H and O–H groups in total. The van der Waals surface area contributed by atoms with Gasteiger partial charge in [-0.2, -0.15) is 0 Å². The topological polar surface area (TPSA) is 81.7 Å². The first-order chi connectivity index (χ1) is 19.7. The molecule has 2 aromatic carbocycles. The Balaban J connectivity index is 1.47. The van der Waals surface area contributed by atoms with Gasteiger partial charge in [0.05, 0.1) is 19.9 Å². The van der Waals surface area contributed by atoms with Gasteiger partial charge in [0, 0.05) is 69.3 Å². The van der Waals surface area contributed by atoms with Crippen LogP contribution in [0.3, 0.4) is 0 Å². The Morgan fingerprint density at radius 2 is 1.68 bits per heavy atom. The maximum atomic E-state index is 13.5. The van der Waals surface area contributed by atoms with E-state index in [0.717, 1.165) is 49.8 Å². The first-order valence-electron chi connectivity index (χ1n) is 13.9. The Kier molecular flexibility index (Phi) is 10.3. The molecule has 2 aromatic rings. The van der Waals surface area contributed by atoms with Crippen molar-refractivity contribution in [2.75, 3.05) is 69.5 Å². The number of anilines is 3. The summed E-state index contributed by atoms with van der Waals surface area (Å²) in [5, 5.41) is 6.74. The van der Waals surface area contributed by atoms with Gasteiger partial charge in [-0.25, -0.2) is 9.79 Å². The maximum Gasteiger partial charge on any atom is 0.321 e.